The van der Waals surface area contributed by atoms with Gasteiger partial charge in [-0.2, -0.15) is 0 Å². The van der Waals surface area contributed by atoms with Gasteiger partial charge in [-0.15, -0.1) is 0 Å². The van der Waals surface area contributed by atoms with Crippen LogP contribution in [0.3, 0.4) is 0 Å². The zero-order valence-corrected chi connectivity index (χ0v) is 35.5. The van der Waals surface area contributed by atoms with Gasteiger partial charge in [0.05, 0.1) is 11.0 Å². The fraction of sp³-hybridized carbons (Fsp3) is 0. The minimum atomic E-state index is -3.03. The molecule has 296 valence electrons. The molecule has 0 spiro atoms. The van der Waals surface area contributed by atoms with E-state index >= 15 is 0 Å². The van der Waals surface area contributed by atoms with E-state index in [1.54, 1.807) is 0 Å². The van der Waals surface area contributed by atoms with Crippen LogP contribution in [0, 0.1) is 0 Å². The van der Waals surface area contributed by atoms with Crippen molar-refractivity contribution in [2.24, 2.45) is 0 Å². The van der Waals surface area contributed by atoms with Crippen molar-refractivity contribution in [3.8, 4) is 39.1 Å². The predicted molar refractivity (Wildman–Crippen MR) is 268 cm³/mol. The summed E-state index contributed by atoms with van der Waals surface area (Å²) < 4.78 is 9.19. The molecular weight excluding hydrogens is 779 g/mol. The lowest BCUT2D eigenvalue weighted by Gasteiger charge is -2.35. The minimum Gasteiger partial charge on any atom is -0.455 e. The highest BCUT2D eigenvalue weighted by molar-refractivity contribution is 7.20. The van der Waals surface area contributed by atoms with Crippen LogP contribution in [0.25, 0.3) is 82.8 Å². The fourth-order valence-electron chi connectivity index (χ4n) is 10.1. The van der Waals surface area contributed by atoms with E-state index in [9.17, 15) is 0 Å². The molecule has 0 saturated heterocycles. The van der Waals surface area contributed by atoms with Crippen LogP contribution in [0.4, 0.5) is 0 Å². The topological polar surface area (TPSA) is 18.1 Å². The van der Waals surface area contributed by atoms with Gasteiger partial charge < -0.3 is 8.98 Å². The Balaban J connectivity index is 1.16. The molecule has 2 nitrogen and oxygen atoms in total. The molecule has 63 heavy (non-hydrogen) atoms. The standard InChI is InChI=1S/C60H41NOSi/c1-4-18-42(19-5-1)43-34-36-50(37-35-43)63(48-22-6-2-7-23-48,49-24-8-3-9-25-49)51-40-45(38-46(41-51)52-29-17-30-56-55-28-12-15-33-59(55)62-60(52)56)44-20-16-21-47(39-44)61-57-31-13-10-26-53(57)54-27-11-14-32-58(54)61/h1-41H. The molecule has 0 aliphatic carbocycles. The van der Waals surface area contributed by atoms with E-state index in [4.69, 9.17) is 4.42 Å². The number of hydrogen-bond donors (Lipinski definition) is 0. The first-order valence-electron chi connectivity index (χ1n) is 21.7. The van der Waals surface area contributed by atoms with E-state index in [1.807, 2.05) is 0 Å². The lowest BCUT2D eigenvalue weighted by molar-refractivity contribution is 0.670. The average molecular weight is 820 g/mol. The number of benzene rings is 10. The smallest absolute Gasteiger partial charge is 0.179 e. The normalized spacial score (nSPS) is 11.8. The Morgan fingerprint density at radius 3 is 1.49 bits per heavy atom. The largest absolute Gasteiger partial charge is 0.455 e. The number of furan rings is 1. The third-order valence-corrected chi connectivity index (χ3v) is 17.7. The van der Waals surface area contributed by atoms with Crippen LogP contribution >= 0.6 is 0 Å². The van der Waals surface area contributed by atoms with E-state index in [0.717, 1.165) is 49.9 Å². The number of fused-ring (bicyclic) bond motifs is 6. The van der Waals surface area contributed by atoms with E-state index in [-0.39, 0.29) is 0 Å². The molecular formula is C60H41NOSi. The Hall–Kier alpha value is -7.98. The molecule has 0 aliphatic rings. The Labute approximate surface area is 367 Å². The van der Waals surface area contributed by atoms with Gasteiger partial charge in [-0.05, 0) is 85.0 Å². The molecule has 0 aliphatic heterocycles. The summed E-state index contributed by atoms with van der Waals surface area (Å²) in [6, 6.07) is 91.4. The van der Waals surface area contributed by atoms with Crippen molar-refractivity contribution in [1.29, 1.82) is 0 Å². The first kappa shape index (κ1) is 36.8. The molecule has 12 aromatic rings. The quantitative estimate of drug-likeness (QED) is 0.110. The lowest BCUT2D eigenvalue weighted by Crippen LogP contribution is -2.74. The SMILES string of the molecule is c1ccc(-c2ccc([Si](c3ccccc3)(c3ccccc3)c3cc(-c4cccc(-n5c6ccccc6c6ccccc65)c4)cc(-c4cccc5c4oc4ccccc45)c3)cc2)cc1. The summed E-state index contributed by atoms with van der Waals surface area (Å²) in [4.78, 5) is 0. The Kier molecular flexibility index (Phi) is 8.87. The molecule has 0 radical (unpaired) electrons. The summed E-state index contributed by atoms with van der Waals surface area (Å²) in [6.45, 7) is 0. The second-order valence-electron chi connectivity index (χ2n) is 16.4. The molecule has 3 heteroatoms. The van der Waals surface area contributed by atoms with Crippen LogP contribution in [-0.2, 0) is 0 Å². The van der Waals surface area contributed by atoms with Gasteiger partial charge in [0, 0.05) is 32.8 Å². The molecule has 0 unspecified atom stereocenters. The summed E-state index contributed by atoms with van der Waals surface area (Å²) in [5, 5.41) is 10.0. The summed E-state index contributed by atoms with van der Waals surface area (Å²) in [5.74, 6) is 0. The van der Waals surface area contributed by atoms with E-state index < -0.39 is 8.07 Å². The molecule has 12 rings (SSSR count). The van der Waals surface area contributed by atoms with Gasteiger partial charge in [0.15, 0.2) is 8.07 Å². The second-order valence-corrected chi connectivity index (χ2v) is 20.2. The van der Waals surface area contributed by atoms with Crippen molar-refractivity contribution in [3.05, 3.63) is 249 Å². The van der Waals surface area contributed by atoms with Crippen molar-refractivity contribution in [1.82, 2.24) is 4.57 Å². The van der Waals surface area contributed by atoms with Crippen molar-refractivity contribution >= 4 is 72.6 Å². The number of aromatic nitrogens is 1. The third kappa shape index (κ3) is 6.08. The number of nitrogens with zero attached hydrogens (tertiary/aromatic N) is 1. The second kappa shape index (κ2) is 15.2. The van der Waals surface area contributed by atoms with Crippen molar-refractivity contribution in [3.63, 3.8) is 0 Å². The van der Waals surface area contributed by atoms with Crippen LogP contribution in [0.15, 0.2) is 253 Å². The van der Waals surface area contributed by atoms with Crippen LogP contribution < -0.4 is 20.7 Å². The van der Waals surface area contributed by atoms with Gasteiger partial charge in [0.2, 0.25) is 0 Å². The first-order valence-corrected chi connectivity index (χ1v) is 23.7. The molecule has 2 heterocycles. The summed E-state index contributed by atoms with van der Waals surface area (Å²) in [7, 11) is -3.03. The van der Waals surface area contributed by atoms with E-state index in [2.05, 4.69) is 253 Å². The summed E-state index contributed by atoms with van der Waals surface area (Å²) in [6.07, 6.45) is 0. The summed E-state index contributed by atoms with van der Waals surface area (Å²) in [5.41, 5.74) is 12.2. The molecule has 0 amide bonds. The van der Waals surface area contributed by atoms with Crippen LogP contribution in [-0.4, -0.2) is 12.6 Å². The minimum absolute atomic E-state index is 0.894. The number of para-hydroxylation sites is 4. The monoisotopic (exact) mass is 819 g/mol. The molecule has 2 aromatic heterocycles. The molecule has 0 atom stereocenters. The van der Waals surface area contributed by atoms with Crippen LogP contribution in [0.5, 0.6) is 0 Å². The maximum absolute atomic E-state index is 6.78. The van der Waals surface area contributed by atoms with Gasteiger partial charge >= 0.3 is 0 Å². The van der Waals surface area contributed by atoms with Gasteiger partial charge in [-0.3, -0.25) is 0 Å². The fourth-order valence-corrected chi connectivity index (χ4v) is 14.9. The molecule has 10 aromatic carbocycles. The Bertz CT molecular complexity index is 3510. The zero-order valence-electron chi connectivity index (χ0n) is 34.5. The molecule has 0 fully saturated rings. The van der Waals surface area contributed by atoms with Crippen molar-refractivity contribution in [2.75, 3.05) is 0 Å². The highest BCUT2D eigenvalue weighted by Gasteiger charge is 2.42. The first-order chi connectivity index (χ1) is 31.2. The van der Waals surface area contributed by atoms with Crippen LogP contribution in [0.1, 0.15) is 0 Å². The highest BCUT2D eigenvalue weighted by atomic mass is 28.3. The van der Waals surface area contributed by atoms with Gasteiger partial charge in [0.25, 0.3) is 0 Å². The predicted octanol–water partition coefficient (Wildman–Crippen LogP) is 13.1. The van der Waals surface area contributed by atoms with Gasteiger partial charge in [0.1, 0.15) is 11.2 Å². The zero-order chi connectivity index (χ0) is 41.7. The number of hydrogen-bond acceptors (Lipinski definition) is 1. The molecule has 0 N–H and O–H groups in total. The van der Waals surface area contributed by atoms with E-state index in [0.29, 0.717) is 0 Å². The Morgan fingerprint density at radius 1 is 0.302 bits per heavy atom. The highest BCUT2D eigenvalue weighted by Crippen LogP contribution is 2.38. The molecule has 0 bridgehead atoms. The van der Waals surface area contributed by atoms with Crippen LogP contribution in [0.2, 0.25) is 0 Å². The van der Waals surface area contributed by atoms with Gasteiger partial charge in [-0.1, -0.05) is 212 Å². The van der Waals surface area contributed by atoms with Gasteiger partial charge in [-0.25, -0.2) is 0 Å². The van der Waals surface area contributed by atoms with E-state index in [1.165, 1.54) is 53.7 Å². The average Bonchev–Trinajstić information content (AvgIpc) is 3.92. The van der Waals surface area contributed by atoms with Crippen molar-refractivity contribution < 1.29 is 4.42 Å². The maximum Gasteiger partial charge on any atom is 0.179 e. The van der Waals surface area contributed by atoms with Crippen molar-refractivity contribution in [2.45, 2.75) is 0 Å². The summed E-state index contributed by atoms with van der Waals surface area (Å²) >= 11 is 0. The maximum atomic E-state index is 6.78. The Morgan fingerprint density at radius 2 is 0.810 bits per heavy atom. The lowest BCUT2D eigenvalue weighted by atomic mass is 9.97. The number of rotatable bonds is 8. The molecule has 0 saturated carbocycles. The third-order valence-electron chi connectivity index (χ3n) is 12.9.